The van der Waals surface area contributed by atoms with Gasteiger partial charge in [0.1, 0.15) is 0 Å². The van der Waals surface area contributed by atoms with Crippen LogP contribution < -0.4 is 16.0 Å². The maximum Gasteiger partial charge on any atom is 0.259 e. The molecule has 0 saturated carbocycles. The number of fused-ring (bicyclic) bond motifs is 1. The van der Waals surface area contributed by atoms with Crippen LogP contribution in [0.2, 0.25) is 0 Å². The van der Waals surface area contributed by atoms with Crippen LogP contribution in [0.1, 0.15) is 41.5 Å². The third kappa shape index (κ3) is 3.21. The first kappa shape index (κ1) is 14.2. The topological polar surface area (TPSA) is 87.3 Å². The predicted octanol–water partition coefficient (Wildman–Crippen LogP) is 0.897. The number of carbonyl (C=O) groups excluding carboxylic acids is 3. The van der Waals surface area contributed by atoms with E-state index in [9.17, 15) is 14.4 Å². The van der Waals surface area contributed by atoms with Gasteiger partial charge in [-0.25, -0.2) is 0 Å². The summed E-state index contributed by atoms with van der Waals surface area (Å²) in [5.41, 5.74) is 0.966. The zero-order valence-electron chi connectivity index (χ0n) is 11.7. The van der Waals surface area contributed by atoms with Gasteiger partial charge in [0, 0.05) is 11.2 Å². The summed E-state index contributed by atoms with van der Waals surface area (Å²) in [7, 11) is 0. The van der Waals surface area contributed by atoms with Gasteiger partial charge in [-0.15, -0.1) is 0 Å². The van der Waals surface area contributed by atoms with E-state index in [0.717, 1.165) is 0 Å². The van der Waals surface area contributed by atoms with Crippen molar-refractivity contribution in [1.29, 1.82) is 0 Å². The Morgan fingerprint density at radius 2 is 1.80 bits per heavy atom. The zero-order valence-corrected chi connectivity index (χ0v) is 11.7. The molecule has 2 rings (SSSR count). The number of nitrogens with one attached hydrogen (secondary N) is 3. The van der Waals surface area contributed by atoms with Crippen LogP contribution in [-0.2, 0) is 4.79 Å². The second-order valence-corrected chi connectivity index (χ2v) is 5.70. The van der Waals surface area contributed by atoms with Crippen LogP contribution in [0, 0.1) is 0 Å². The number of hydrogen-bond donors (Lipinski definition) is 3. The number of rotatable bonds is 3. The average molecular weight is 275 g/mol. The molecule has 0 saturated heterocycles. The molecule has 1 aliphatic heterocycles. The highest BCUT2D eigenvalue weighted by molar-refractivity contribution is 6.22. The Bertz CT molecular complexity index is 588. The van der Waals surface area contributed by atoms with Crippen molar-refractivity contribution >= 4 is 23.4 Å². The Morgan fingerprint density at radius 3 is 2.45 bits per heavy atom. The summed E-state index contributed by atoms with van der Waals surface area (Å²) in [5, 5.41) is 7.96. The summed E-state index contributed by atoms with van der Waals surface area (Å²) in [6, 6.07) is 4.64. The molecule has 6 nitrogen and oxygen atoms in total. The van der Waals surface area contributed by atoms with Crippen LogP contribution in [0.25, 0.3) is 0 Å². The van der Waals surface area contributed by atoms with E-state index in [4.69, 9.17) is 0 Å². The molecule has 0 spiro atoms. The molecule has 0 atom stereocenters. The summed E-state index contributed by atoms with van der Waals surface area (Å²) >= 11 is 0. The molecule has 3 amide bonds. The first-order valence-electron chi connectivity index (χ1n) is 6.31. The van der Waals surface area contributed by atoms with E-state index in [1.165, 1.54) is 12.1 Å². The van der Waals surface area contributed by atoms with Gasteiger partial charge in [0.2, 0.25) is 5.91 Å². The molecule has 3 N–H and O–H groups in total. The van der Waals surface area contributed by atoms with Crippen molar-refractivity contribution in [3.8, 4) is 0 Å². The standard InChI is InChI=1S/C14H17N3O3/c1-14(2,3)15-7-11(18)16-8-4-5-9-10(6-8)13(20)17-12(9)19/h4-6,15H,7H2,1-3H3,(H,16,18)(H,17,19,20). The number of hydrogen-bond acceptors (Lipinski definition) is 4. The molecule has 1 aromatic rings. The SMILES string of the molecule is CC(C)(C)NCC(=O)Nc1ccc2c(c1)C(=O)NC2=O. The molecular formula is C14H17N3O3. The van der Waals surface area contributed by atoms with E-state index >= 15 is 0 Å². The lowest BCUT2D eigenvalue weighted by molar-refractivity contribution is -0.115. The van der Waals surface area contributed by atoms with Gasteiger partial charge in [-0.05, 0) is 39.0 Å². The molecule has 1 aromatic carbocycles. The third-order valence-corrected chi connectivity index (χ3v) is 2.80. The Balaban J connectivity index is 2.05. The smallest absolute Gasteiger partial charge is 0.259 e. The molecule has 6 heteroatoms. The van der Waals surface area contributed by atoms with Crippen molar-refractivity contribution < 1.29 is 14.4 Å². The molecule has 0 bridgehead atoms. The minimum Gasteiger partial charge on any atom is -0.325 e. The van der Waals surface area contributed by atoms with Gasteiger partial charge in [0.25, 0.3) is 11.8 Å². The zero-order chi connectivity index (χ0) is 14.9. The highest BCUT2D eigenvalue weighted by Gasteiger charge is 2.26. The lowest BCUT2D eigenvalue weighted by Gasteiger charge is -2.20. The summed E-state index contributed by atoms with van der Waals surface area (Å²) in [4.78, 5) is 34.7. The van der Waals surface area contributed by atoms with Crippen LogP contribution >= 0.6 is 0 Å². The van der Waals surface area contributed by atoms with Gasteiger partial charge in [0.15, 0.2) is 0 Å². The average Bonchev–Trinajstić information content (AvgIpc) is 2.62. The normalized spacial score (nSPS) is 13.9. The first-order chi connectivity index (χ1) is 9.26. The molecule has 0 aromatic heterocycles. The quantitative estimate of drug-likeness (QED) is 0.715. The maximum atomic E-state index is 11.8. The van der Waals surface area contributed by atoms with Gasteiger partial charge in [0.05, 0.1) is 17.7 Å². The van der Waals surface area contributed by atoms with Crippen LogP contribution in [0.4, 0.5) is 5.69 Å². The lowest BCUT2D eigenvalue weighted by Crippen LogP contribution is -2.41. The van der Waals surface area contributed by atoms with E-state index in [0.29, 0.717) is 11.3 Å². The minimum atomic E-state index is -0.436. The van der Waals surface area contributed by atoms with Gasteiger partial charge in [-0.1, -0.05) is 0 Å². The summed E-state index contributed by atoms with van der Waals surface area (Å²) in [6.45, 7) is 6.06. The number of benzene rings is 1. The van der Waals surface area contributed by atoms with Crippen LogP contribution in [-0.4, -0.2) is 29.8 Å². The molecule has 1 heterocycles. The van der Waals surface area contributed by atoms with Gasteiger partial charge in [-0.2, -0.15) is 0 Å². The van der Waals surface area contributed by atoms with Crippen LogP contribution in [0.15, 0.2) is 18.2 Å². The first-order valence-corrected chi connectivity index (χ1v) is 6.31. The minimum absolute atomic E-state index is 0.151. The summed E-state index contributed by atoms with van der Waals surface area (Å²) < 4.78 is 0. The maximum absolute atomic E-state index is 11.8. The fraction of sp³-hybridized carbons (Fsp3) is 0.357. The third-order valence-electron chi connectivity index (χ3n) is 2.80. The molecule has 0 unspecified atom stereocenters. The van der Waals surface area contributed by atoms with Crippen molar-refractivity contribution in [3.63, 3.8) is 0 Å². The van der Waals surface area contributed by atoms with Crippen molar-refractivity contribution in [3.05, 3.63) is 29.3 Å². The number of anilines is 1. The molecule has 106 valence electrons. The number of imide groups is 1. The Hall–Kier alpha value is -2.21. The fourth-order valence-corrected chi connectivity index (χ4v) is 1.80. The predicted molar refractivity (Wildman–Crippen MR) is 74.6 cm³/mol. The monoisotopic (exact) mass is 275 g/mol. The molecule has 20 heavy (non-hydrogen) atoms. The van der Waals surface area contributed by atoms with Gasteiger partial charge < -0.3 is 10.6 Å². The Kier molecular flexibility index (Phi) is 3.59. The van der Waals surface area contributed by atoms with E-state index in [1.54, 1.807) is 6.07 Å². The van der Waals surface area contributed by atoms with Crippen molar-refractivity contribution in [2.75, 3.05) is 11.9 Å². The summed E-state index contributed by atoms with van der Waals surface area (Å²) in [6.07, 6.45) is 0. The van der Waals surface area contributed by atoms with E-state index < -0.39 is 11.8 Å². The van der Waals surface area contributed by atoms with E-state index in [1.807, 2.05) is 20.8 Å². The van der Waals surface area contributed by atoms with Gasteiger partial charge in [-0.3, -0.25) is 19.7 Å². The van der Waals surface area contributed by atoms with Gasteiger partial charge >= 0.3 is 0 Å². The molecule has 0 aliphatic carbocycles. The Morgan fingerprint density at radius 1 is 1.15 bits per heavy atom. The summed E-state index contributed by atoms with van der Waals surface area (Å²) in [5.74, 6) is -1.05. The number of carbonyl (C=O) groups is 3. The fourth-order valence-electron chi connectivity index (χ4n) is 1.80. The largest absolute Gasteiger partial charge is 0.325 e. The molecule has 0 radical (unpaired) electrons. The number of amides is 3. The van der Waals surface area contributed by atoms with Crippen molar-refractivity contribution in [1.82, 2.24) is 10.6 Å². The van der Waals surface area contributed by atoms with Crippen LogP contribution in [0.3, 0.4) is 0 Å². The highest BCUT2D eigenvalue weighted by Crippen LogP contribution is 2.20. The molecule has 1 aliphatic rings. The Labute approximate surface area is 116 Å². The second kappa shape index (κ2) is 5.05. The highest BCUT2D eigenvalue weighted by atomic mass is 16.2. The molecular weight excluding hydrogens is 258 g/mol. The van der Waals surface area contributed by atoms with Crippen LogP contribution in [0.5, 0.6) is 0 Å². The second-order valence-electron chi connectivity index (χ2n) is 5.70. The lowest BCUT2D eigenvalue weighted by atomic mass is 10.1. The molecule has 0 fully saturated rings. The van der Waals surface area contributed by atoms with Crippen molar-refractivity contribution in [2.24, 2.45) is 0 Å². The van der Waals surface area contributed by atoms with E-state index in [-0.39, 0.29) is 23.6 Å². The van der Waals surface area contributed by atoms with Crippen molar-refractivity contribution in [2.45, 2.75) is 26.3 Å². The van der Waals surface area contributed by atoms with E-state index in [2.05, 4.69) is 16.0 Å².